The second-order valence-electron chi connectivity index (χ2n) is 7.65. The first-order chi connectivity index (χ1) is 14.9. The van der Waals surface area contributed by atoms with Crippen LogP contribution in [0.25, 0.3) is 11.1 Å². The van der Waals surface area contributed by atoms with Gasteiger partial charge in [-0.2, -0.15) is 0 Å². The monoisotopic (exact) mass is 398 g/mol. The zero-order valence-corrected chi connectivity index (χ0v) is 17.9. The van der Waals surface area contributed by atoms with E-state index in [1.807, 2.05) is 0 Å². The Hall–Kier alpha value is -2.68. The molecule has 0 saturated heterocycles. The Kier molecular flexibility index (Phi) is 9.39. The van der Waals surface area contributed by atoms with Gasteiger partial charge in [0.1, 0.15) is 0 Å². The van der Waals surface area contributed by atoms with Gasteiger partial charge in [-0.15, -0.1) is 0 Å². The van der Waals surface area contributed by atoms with E-state index >= 15 is 0 Å². The van der Waals surface area contributed by atoms with E-state index in [9.17, 15) is 0 Å². The van der Waals surface area contributed by atoms with Crippen molar-refractivity contribution in [3.05, 3.63) is 108 Å². The third kappa shape index (κ3) is 6.69. The first-order valence-corrected chi connectivity index (χ1v) is 11.2. The molecule has 0 heterocycles. The normalized spacial score (nSPS) is 10.7. The van der Waals surface area contributed by atoms with Gasteiger partial charge >= 0.3 is 0 Å². The molecule has 30 heavy (non-hydrogen) atoms. The smallest absolute Gasteiger partial charge is 0.00745 e. The lowest BCUT2D eigenvalue weighted by Gasteiger charge is -2.17. The molecule has 3 aromatic rings. The number of benzene rings is 3. The third-order valence-corrected chi connectivity index (χ3v) is 5.40. The van der Waals surface area contributed by atoms with E-state index in [4.69, 9.17) is 5.73 Å². The van der Waals surface area contributed by atoms with Crippen molar-refractivity contribution in [2.24, 2.45) is 5.73 Å². The van der Waals surface area contributed by atoms with E-state index < -0.39 is 0 Å². The quantitative estimate of drug-likeness (QED) is 0.284. The zero-order chi connectivity index (χ0) is 20.9. The fourth-order valence-electron chi connectivity index (χ4n) is 3.91. The van der Waals surface area contributed by atoms with Crippen LogP contribution in [0.3, 0.4) is 0 Å². The van der Waals surface area contributed by atoms with Crippen molar-refractivity contribution in [1.29, 1.82) is 0 Å². The summed E-state index contributed by atoms with van der Waals surface area (Å²) in [6.45, 7) is 2.70. The first kappa shape index (κ1) is 22.0. The van der Waals surface area contributed by atoms with Gasteiger partial charge in [-0.05, 0) is 53.6 Å². The molecule has 0 aliphatic carbocycles. The van der Waals surface area contributed by atoms with Gasteiger partial charge in [-0.3, -0.25) is 0 Å². The van der Waals surface area contributed by atoms with E-state index in [0.717, 1.165) is 19.5 Å². The van der Waals surface area contributed by atoms with Crippen molar-refractivity contribution in [1.82, 2.24) is 5.32 Å². The lowest BCUT2D eigenvalue weighted by Crippen LogP contribution is -2.23. The maximum atomic E-state index is 5.54. The third-order valence-electron chi connectivity index (χ3n) is 5.40. The van der Waals surface area contributed by atoms with Crippen molar-refractivity contribution >= 4 is 11.1 Å². The minimum absolute atomic E-state index is 0.715. The molecular weight excluding hydrogens is 364 g/mol. The highest BCUT2D eigenvalue weighted by atomic mass is 14.9. The van der Waals surface area contributed by atoms with Crippen molar-refractivity contribution < 1.29 is 0 Å². The fraction of sp³-hybridized carbons (Fsp3) is 0.286. The van der Waals surface area contributed by atoms with Crippen LogP contribution in [0.15, 0.2) is 91.0 Å². The van der Waals surface area contributed by atoms with Crippen LogP contribution in [-0.2, 0) is 0 Å². The summed E-state index contributed by atoms with van der Waals surface area (Å²) >= 11 is 0. The lowest BCUT2D eigenvalue weighted by molar-refractivity contribution is 0.595. The molecule has 2 nitrogen and oxygen atoms in total. The minimum Gasteiger partial charge on any atom is -0.329 e. The Morgan fingerprint density at radius 1 is 0.567 bits per heavy atom. The number of nitrogens with one attached hydrogen (secondary N) is 1. The Balaban J connectivity index is 1.84. The predicted octanol–water partition coefficient (Wildman–Crippen LogP) is 6.14. The number of hydrogen-bond acceptors (Lipinski definition) is 2. The van der Waals surface area contributed by atoms with Crippen LogP contribution >= 0.6 is 0 Å². The molecular formula is C28H34N2. The van der Waals surface area contributed by atoms with Gasteiger partial charge in [0, 0.05) is 13.1 Å². The standard InChI is InChI=1S/C28H34N2/c29-21-23-30-22-13-2-1-12-20-27(24-14-6-3-7-15-24)28(25-16-8-4-9-17-25)26-18-10-5-11-19-26/h3-11,14-19,30H,1-2,12-13,20-23,29H2. The van der Waals surface area contributed by atoms with E-state index in [1.54, 1.807) is 0 Å². The number of hydrogen-bond donors (Lipinski definition) is 2. The Morgan fingerprint density at radius 3 is 1.60 bits per heavy atom. The summed E-state index contributed by atoms with van der Waals surface area (Å²) in [7, 11) is 0. The average Bonchev–Trinajstić information content (AvgIpc) is 2.82. The highest BCUT2D eigenvalue weighted by Gasteiger charge is 2.13. The molecule has 0 unspecified atom stereocenters. The van der Waals surface area contributed by atoms with Crippen LogP contribution < -0.4 is 11.1 Å². The molecule has 0 fully saturated rings. The molecule has 156 valence electrons. The van der Waals surface area contributed by atoms with Gasteiger partial charge in [-0.1, -0.05) is 104 Å². The van der Waals surface area contributed by atoms with Crippen LogP contribution in [0.2, 0.25) is 0 Å². The molecule has 0 aliphatic heterocycles. The van der Waals surface area contributed by atoms with Gasteiger partial charge in [0.25, 0.3) is 0 Å². The van der Waals surface area contributed by atoms with E-state index in [-0.39, 0.29) is 0 Å². The SMILES string of the molecule is NCCNCCCCCCC(=C(c1ccccc1)c1ccccc1)c1ccccc1. The Morgan fingerprint density at radius 2 is 1.07 bits per heavy atom. The molecule has 3 N–H and O–H groups in total. The largest absolute Gasteiger partial charge is 0.329 e. The maximum absolute atomic E-state index is 5.54. The summed E-state index contributed by atoms with van der Waals surface area (Å²) in [5.41, 5.74) is 12.2. The molecule has 0 bridgehead atoms. The topological polar surface area (TPSA) is 38.0 Å². The van der Waals surface area contributed by atoms with Gasteiger partial charge in [0.15, 0.2) is 0 Å². The Labute approximate surface area is 181 Å². The van der Waals surface area contributed by atoms with Crippen LogP contribution in [0.4, 0.5) is 0 Å². The molecule has 0 aliphatic rings. The zero-order valence-electron chi connectivity index (χ0n) is 17.9. The molecule has 0 atom stereocenters. The predicted molar refractivity (Wildman–Crippen MR) is 130 cm³/mol. The van der Waals surface area contributed by atoms with Gasteiger partial charge in [0.2, 0.25) is 0 Å². The Bertz CT molecular complexity index is 829. The first-order valence-electron chi connectivity index (χ1n) is 11.2. The van der Waals surface area contributed by atoms with Gasteiger partial charge in [-0.25, -0.2) is 0 Å². The number of allylic oxidation sites excluding steroid dienone is 1. The molecule has 3 aromatic carbocycles. The molecule has 2 heteroatoms. The van der Waals surface area contributed by atoms with E-state index in [0.29, 0.717) is 6.54 Å². The van der Waals surface area contributed by atoms with Gasteiger partial charge in [0.05, 0.1) is 0 Å². The van der Waals surface area contributed by atoms with Crippen molar-refractivity contribution in [2.45, 2.75) is 32.1 Å². The van der Waals surface area contributed by atoms with Crippen molar-refractivity contribution in [2.75, 3.05) is 19.6 Å². The highest BCUT2D eigenvalue weighted by molar-refractivity contribution is 5.98. The molecule has 0 aromatic heterocycles. The van der Waals surface area contributed by atoms with E-state index in [2.05, 4.69) is 96.3 Å². The second kappa shape index (κ2) is 12.8. The molecule has 0 radical (unpaired) electrons. The molecule has 0 spiro atoms. The second-order valence-corrected chi connectivity index (χ2v) is 7.65. The summed E-state index contributed by atoms with van der Waals surface area (Å²) in [5.74, 6) is 0. The lowest BCUT2D eigenvalue weighted by atomic mass is 9.87. The summed E-state index contributed by atoms with van der Waals surface area (Å²) in [6, 6.07) is 32.5. The van der Waals surface area contributed by atoms with Crippen LogP contribution in [0, 0.1) is 0 Å². The number of rotatable bonds is 12. The highest BCUT2D eigenvalue weighted by Crippen LogP contribution is 2.35. The summed E-state index contributed by atoms with van der Waals surface area (Å²) in [6.07, 6.45) is 6.00. The molecule has 0 saturated carbocycles. The maximum Gasteiger partial charge on any atom is 0.00745 e. The van der Waals surface area contributed by atoms with Crippen molar-refractivity contribution in [3.8, 4) is 0 Å². The molecule has 3 rings (SSSR count). The summed E-state index contributed by atoms with van der Waals surface area (Å²) in [4.78, 5) is 0. The van der Waals surface area contributed by atoms with Crippen molar-refractivity contribution in [3.63, 3.8) is 0 Å². The number of unbranched alkanes of at least 4 members (excludes halogenated alkanes) is 3. The van der Waals surface area contributed by atoms with Gasteiger partial charge < -0.3 is 11.1 Å². The van der Waals surface area contributed by atoms with Crippen LogP contribution in [0.1, 0.15) is 48.8 Å². The van der Waals surface area contributed by atoms with E-state index in [1.165, 1.54) is 53.5 Å². The average molecular weight is 399 g/mol. The van der Waals surface area contributed by atoms with Crippen LogP contribution in [0.5, 0.6) is 0 Å². The summed E-state index contributed by atoms with van der Waals surface area (Å²) < 4.78 is 0. The molecule has 0 amide bonds. The fourth-order valence-corrected chi connectivity index (χ4v) is 3.91. The number of nitrogens with two attached hydrogens (primary N) is 1. The van der Waals surface area contributed by atoms with Crippen LogP contribution in [-0.4, -0.2) is 19.6 Å². The summed E-state index contributed by atoms with van der Waals surface area (Å²) in [5, 5.41) is 3.39. The minimum atomic E-state index is 0.715.